The van der Waals surface area contributed by atoms with Gasteiger partial charge in [0, 0.05) is 12.3 Å². The largest absolute Gasteiger partial charge is 0.478 e. The summed E-state index contributed by atoms with van der Waals surface area (Å²) in [6, 6.07) is 11.2. The van der Waals surface area contributed by atoms with Crippen molar-refractivity contribution in [1.29, 1.82) is 0 Å². The molecule has 0 bridgehead atoms. The van der Waals surface area contributed by atoms with Gasteiger partial charge in [-0.3, -0.25) is 14.2 Å². The molecule has 0 atom stereocenters. The van der Waals surface area contributed by atoms with E-state index in [1.807, 2.05) is 0 Å². The Morgan fingerprint density at radius 1 is 0.893 bits per heavy atom. The van der Waals surface area contributed by atoms with Crippen LogP contribution in [0.25, 0.3) is 5.69 Å². The number of pyridine rings is 1. The van der Waals surface area contributed by atoms with Gasteiger partial charge in [0.15, 0.2) is 0 Å². The third-order valence-corrected chi connectivity index (χ3v) is 4.75. The number of hydrogen-bond donors (Lipinski definition) is 2. The maximum atomic E-state index is 12.6. The molecule has 1 aromatic heterocycles. The highest BCUT2D eigenvalue weighted by molar-refractivity contribution is 6.37. The third-order valence-electron chi connectivity index (χ3n) is 3.81. The van der Waals surface area contributed by atoms with Gasteiger partial charge in [0.05, 0.1) is 37.6 Å². The molecule has 1 heterocycles. The molecule has 2 aromatic carbocycles. The Labute approximate surface area is 173 Å². The van der Waals surface area contributed by atoms with Gasteiger partial charge in [-0.25, -0.2) is 4.79 Å². The maximum absolute atomic E-state index is 12.6. The molecule has 2 N–H and O–H groups in total. The van der Waals surface area contributed by atoms with Gasteiger partial charge in [0.25, 0.3) is 11.5 Å². The van der Waals surface area contributed by atoms with E-state index in [1.165, 1.54) is 36.5 Å². The number of rotatable bonds is 4. The first kappa shape index (κ1) is 19.9. The van der Waals surface area contributed by atoms with E-state index in [2.05, 4.69) is 5.32 Å². The van der Waals surface area contributed by atoms with E-state index >= 15 is 0 Å². The monoisotopic (exact) mass is 436 g/mol. The number of carboxylic acids is 1. The minimum absolute atomic E-state index is 0.0347. The summed E-state index contributed by atoms with van der Waals surface area (Å²) in [5.41, 5.74) is 0.0221. The topological polar surface area (TPSA) is 88.4 Å². The lowest BCUT2D eigenvalue weighted by Gasteiger charge is -2.12. The number of benzene rings is 2. The number of aromatic nitrogens is 1. The highest BCUT2D eigenvalue weighted by Gasteiger charge is 2.15. The molecule has 1 amide bonds. The van der Waals surface area contributed by atoms with E-state index in [-0.39, 0.29) is 37.6 Å². The molecule has 0 spiro atoms. The molecule has 6 nitrogen and oxygen atoms in total. The van der Waals surface area contributed by atoms with Crippen LogP contribution in [0.3, 0.4) is 0 Å². The Kier molecular flexibility index (Phi) is 5.74. The summed E-state index contributed by atoms with van der Waals surface area (Å²) in [4.78, 5) is 36.0. The van der Waals surface area contributed by atoms with Crippen LogP contribution in [0.1, 0.15) is 20.7 Å². The molecule has 0 saturated carbocycles. The molecule has 3 aromatic rings. The number of nitrogens with one attached hydrogen (secondary N) is 1. The van der Waals surface area contributed by atoms with E-state index in [1.54, 1.807) is 18.2 Å². The van der Waals surface area contributed by atoms with Crippen molar-refractivity contribution in [2.75, 3.05) is 5.32 Å². The van der Waals surface area contributed by atoms with E-state index in [0.717, 1.165) is 4.57 Å². The van der Waals surface area contributed by atoms with Crippen molar-refractivity contribution in [2.45, 2.75) is 0 Å². The predicted octanol–water partition coefficient (Wildman–Crippen LogP) is 4.75. The quantitative estimate of drug-likeness (QED) is 0.616. The fourth-order valence-corrected chi connectivity index (χ4v) is 3.21. The molecule has 28 heavy (non-hydrogen) atoms. The predicted molar refractivity (Wildman–Crippen MR) is 108 cm³/mol. The average molecular weight is 438 g/mol. The Morgan fingerprint density at radius 3 is 2.18 bits per heavy atom. The zero-order chi connectivity index (χ0) is 20.4. The Balaban J connectivity index is 2.00. The lowest BCUT2D eigenvalue weighted by molar-refractivity contribution is 0.0696. The second-order valence-corrected chi connectivity index (χ2v) is 6.87. The summed E-state index contributed by atoms with van der Waals surface area (Å²) in [5.74, 6) is -1.75. The van der Waals surface area contributed by atoms with Crippen molar-refractivity contribution in [3.05, 3.63) is 91.3 Å². The number of carbonyl (C=O) groups is 2. The third kappa shape index (κ3) is 4.04. The SMILES string of the molecule is O=C(O)c1ccc(Cl)c(NC(=O)c2ccc(=O)n(-c3c(Cl)cccc3Cl)c2)c1. The number of carboxylic acid groups (broad SMARTS) is 1. The van der Waals surface area contributed by atoms with Crippen molar-refractivity contribution in [2.24, 2.45) is 0 Å². The van der Waals surface area contributed by atoms with E-state index in [0.29, 0.717) is 0 Å². The van der Waals surface area contributed by atoms with Crippen LogP contribution in [-0.2, 0) is 0 Å². The van der Waals surface area contributed by atoms with Crippen LogP contribution in [0.2, 0.25) is 15.1 Å². The Bertz CT molecular complexity index is 1140. The lowest BCUT2D eigenvalue weighted by Crippen LogP contribution is -2.21. The van der Waals surface area contributed by atoms with Crippen molar-refractivity contribution in [3.63, 3.8) is 0 Å². The first-order valence-electron chi connectivity index (χ1n) is 7.79. The van der Waals surface area contributed by atoms with Crippen molar-refractivity contribution < 1.29 is 14.7 Å². The number of nitrogens with zero attached hydrogens (tertiary/aromatic N) is 1. The summed E-state index contributed by atoms with van der Waals surface area (Å²) >= 11 is 18.3. The van der Waals surface area contributed by atoms with Crippen molar-refractivity contribution >= 4 is 52.4 Å². The zero-order valence-electron chi connectivity index (χ0n) is 13.9. The lowest BCUT2D eigenvalue weighted by atomic mass is 10.2. The van der Waals surface area contributed by atoms with Gasteiger partial charge in [-0.15, -0.1) is 0 Å². The second kappa shape index (κ2) is 8.06. The maximum Gasteiger partial charge on any atom is 0.335 e. The van der Waals surface area contributed by atoms with Crippen LogP contribution in [0, 0.1) is 0 Å². The second-order valence-electron chi connectivity index (χ2n) is 5.65. The molecule has 3 rings (SSSR count). The molecule has 0 aliphatic heterocycles. The molecule has 9 heteroatoms. The van der Waals surface area contributed by atoms with Crippen LogP contribution < -0.4 is 10.9 Å². The molecule has 142 valence electrons. The fraction of sp³-hybridized carbons (Fsp3) is 0. The minimum atomic E-state index is -1.16. The van der Waals surface area contributed by atoms with Crippen LogP contribution in [-0.4, -0.2) is 21.6 Å². The van der Waals surface area contributed by atoms with Gasteiger partial charge < -0.3 is 10.4 Å². The number of para-hydroxylation sites is 1. The smallest absolute Gasteiger partial charge is 0.335 e. The number of hydrogen-bond acceptors (Lipinski definition) is 3. The van der Waals surface area contributed by atoms with Crippen molar-refractivity contribution in [3.8, 4) is 5.69 Å². The molecule has 0 saturated heterocycles. The highest BCUT2D eigenvalue weighted by Crippen LogP contribution is 2.28. The van der Waals surface area contributed by atoms with Gasteiger partial charge in [-0.1, -0.05) is 40.9 Å². The van der Waals surface area contributed by atoms with E-state index in [9.17, 15) is 14.4 Å². The van der Waals surface area contributed by atoms with Crippen LogP contribution in [0.15, 0.2) is 59.5 Å². The molecule has 0 fully saturated rings. The van der Waals surface area contributed by atoms with Gasteiger partial charge in [0.2, 0.25) is 0 Å². The molecule has 0 aliphatic rings. The molecule has 0 radical (unpaired) electrons. The van der Waals surface area contributed by atoms with Crippen LogP contribution in [0.5, 0.6) is 0 Å². The summed E-state index contributed by atoms with van der Waals surface area (Å²) in [6.07, 6.45) is 1.29. The Morgan fingerprint density at radius 2 is 1.54 bits per heavy atom. The van der Waals surface area contributed by atoms with Gasteiger partial charge in [0.1, 0.15) is 0 Å². The number of amides is 1. The molecular formula is C19H11Cl3N2O4. The van der Waals surface area contributed by atoms with Gasteiger partial charge in [-0.05, 0) is 36.4 Å². The normalized spacial score (nSPS) is 10.5. The van der Waals surface area contributed by atoms with E-state index < -0.39 is 17.4 Å². The van der Waals surface area contributed by atoms with Crippen LogP contribution in [0.4, 0.5) is 5.69 Å². The number of carbonyl (C=O) groups excluding carboxylic acids is 1. The van der Waals surface area contributed by atoms with Crippen molar-refractivity contribution in [1.82, 2.24) is 4.57 Å². The molecule has 0 aliphatic carbocycles. The summed E-state index contributed by atoms with van der Waals surface area (Å²) < 4.78 is 1.16. The molecular weight excluding hydrogens is 427 g/mol. The number of halogens is 3. The molecule has 0 unspecified atom stereocenters. The average Bonchev–Trinajstić information content (AvgIpc) is 2.64. The van der Waals surface area contributed by atoms with Crippen LogP contribution >= 0.6 is 34.8 Å². The van der Waals surface area contributed by atoms with Gasteiger partial charge in [-0.2, -0.15) is 0 Å². The Hall–Kier alpha value is -2.80. The van der Waals surface area contributed by atoms with Gasteiger partial charge >= 0.3 is 5.97 Å². The zero-order valence-corrected chi connectivity index (χ0v) is 16.2. The minimum Gasteiger partial charge on any atom is -0.478 e. The summed E-state index contributed by atoms with van der Waals surface area (Å²) in [7, 11) is 0. The summed E-state index contributed by atoms with van der Waals surface area (Å²) in [6.45, 7) is 0. The standard InChI is InChI=1S/C19H11Cl3N2O4/c20-12-6-4-10(19(27)28)8-15(12)23-18(26)11-5-7-16(25)24(9-11)17-13(21)2-1-3-14(17)22/h1-9H,(H,23,26)(H,27,28). The fourth-order valence-electron chi connectivity index (χ4n) is 2.46. The first-order valence-corrected chi connectivity index (χ1v) is 8.92. The number of aromatic carboxylic acids is 1. The first-order chi connectivity index (χ1) is 13.3. The number of anilines is 1. The summed E-state index contributed by atoms with van der Waals surface area (Å²) in [5, 5.41) is 12.3. The van der Waals surface area contributed by atoms with E-state index in [4.69, 9.17) is 39.9 Å². The highest BCUT2D eigenvalue weighted by atomic mass is 35.5.